The van der Waals surface area contributed by atoms with Gasteiger partial charge in [-0.2, -0.15) is 0 Å². The van der Waals surface area contributed by atoms with Crippen LogP contribution in [0.2, 0.25) is 0 Å². The van der Waals surface area contributed by atoms with Gasteiger partial charge < -0.3 is 15.3 Å². The number of nitrogens with zero attached hydrogens (tertiary/aromatic N) is 2. The third-order valence-electron chi connectivity index (χ3n) is 3.07. The molecule has 1 rings (SSSR count). The Morgan fingerprint density at radius 1 is 1.16 bits per heavy atom. The Labute approximate surface area is 114 Å². The van der Waals surface area contributed by atoms with Gasteiger partial charge in [0, 0.05) is 39.3 Å². The molecule has 1 aliphatic rings. The van der Waals surface area contributed by atoms with E-state index < -0.39 is 5.97 Å². The maximum Gasteiger partial charge on any atom is 0.317 e. The summed E-state index contributed by atoms with van der Waals surface area (Å²) in [6.07, 6.45) is 0.163. The fourth-order valence-electron chi connectivity index (χ4n) is 1.88. The van der Waals surface area contributed by atoms with Crippen molar-refractivity contribution in [3.8, 4) is 0 Å². The van der Waals surface area contributed by atoms with E-state index in [1.54, 1.807) is 4.90 Å². The number of carboxylic acid groups (broad SMARTS) is 1. The second kappa shape index (κ2) is 6.75. The monoisotopic (exact) mass is 271 g/mol. The van der Waals surface area contributed by atoms with Gasteiger partial charge in [-0.05, 0) is 5.41 Å². The summed E-state index contributed by atoms with van der Waals surface area (Å²) >= 11 is 0. The summed E-state index contributed by atoms with van der Waals surface area (Å²) in [6.45, 7) is 10.3. The third kappa shape index (κ3) is 6.42. The van der Waals surface area contributed by atoms with Crippen LogP contribution in [0.3, 0.4) is 0 Å². The van der Waals surface area contributed by atoms with Crippen LogP contribution < -0.4 is 5.32 Å². The van der Waals surface area contributed by atoms with Gasteiger partial charge in [0.25, 0.3) is 0 Å². The van der Waals surface area contributed by atoms with Crippen LogP contribution >= 0.6 is 0 Å². The SMILES string of the molecule is CC(C)(C)CNC(=O)N1CCN(CCC(=O)O)CC1. The Kier molecular flexibility index (Phi) is 5.60. The van der Waals surface area contributed by atoms with E-state index >= 15 is 0 Å². The molecule has 1 saturated heterocycles. The lowest BCUT2D eigenvalue weighted by atomic mass is 9.97. The Morgan fingerprint density at radius 2 is 1.74 bits per heavy atom. The number of rotatable bonds is 4. The minimum atomic E-state index is -0.773. The van der Waals surface area contributed by atoms with Gasteiger partial charge in [0.2, 0.25) is 0 Å². The lowest BCUT2D eigenvalue weighted by Crippen LogP contribution is -2.52. The summed E-state index contributed by atoms with van der Waals surface area (Å²) in [5.74, 6) is -0.773. The smallest absolute Gasteiger partial charge is 0.317 e. The van der Waals surface area contributed by atoms with Gasteiger partial charge in [0.1, 0.15) is 0 Å². The Balaban J connectivity index is 2.25. The van der Waals surface area contributed by atoms with Crippen molar-refractivity contribution in [1.29, 1.82) is 0 Å². The molecule has 0 unspecified atom stereocenters. The van der Waals surface area contributed by atoms with Crippen LogP contribution in [0.15, 0.2) is 0 Å². The first-order valence-corrected chi connectivity index (χ1v) is 6.75. The van der Waals surface area contributed by atoms with E-state index in [4.69, 9.17) is 5.11 Å². The van der Waals surface area contributed by atoms with Crippen molar-refractivity contribution in [2.75, 3.05) is 39.3 Å². The lowest BCUT2D eigenvalue weighted by Gasteiger charge is -2.35. The van der Waals surface area contributed by atoms with E-state index in [-0.39, 0.29) is 17.9 Å². The van der Waals surface area contributed by atoms with E-state index in [1.165, 1.54) is 0 Å². The standard InChI is InChI=1S/C13H25N3O3/c1-13(2,3)10-14-12(19)16-8-6-15(7-9-16)5-4-11(17)18/h4-10H2,1-3H3,(H,14,19)(H,17,18). The molecule has 0 aromatic heterocycles. The van der Waals surface area contributed by atoms with Crippen LogP contribution in [-0.4, -0.2) is 66.2 Å². The molecule has 0 aromatic carbocycles. The number of nitrogens with one attached hydrogen (secondary N) is 1. The normalized spacial score (nSPS) is 17.3. The number of piperazine rings is 1. The summed E-state index contributed by atoms with van der Waals surface area (Å²) < 4.78 is 0. The second-order valence-electron chi connectivity index (χ2n) is 6.19. The van der Waals surface area contributed by atoms with E-state index in [0.717, 1.165) is 13.1 Å². The van der Waals surface area contributed by atoms with Gasteiger partial charge in [-0.1, -0.05) is 20.8 Å². The van der Waals surface area contributed by atoms with Crippen molar-refractivity contribution in [3.05, 3.63) is 0 Å². The number of urea groups is 1. The Morgan fingerprint density at radius 3 is 2.21 bits per heavy atom. The van der Waals surface area contributed by atoms with Gasteiger partial charge >= 0.3 is 12.0 Å². The minimum absolute atomic E-state index is 0.0205. The first kappa shape index (κ1) is 15.8. The largest absolute Gasteiger partial charge is 0.481 e. The molecule has 1 fully saturated rings. The molecule has 2 amide bonds. The highest BCUT2D eigenvalue weighted by atomic mass is 16.4. The maximum absolute atomic E-state index is 11.9. The van der Waals surface area contributed by atoms with Crippen molar-refractivity contribution in [1.82, 2.24) is 15.1 Å². The molecule has 110 valence electrons. The predicted octanol–water partition coefficient (Wildman–Crippen LogP) is 0.834. The summed E-state index contributed by atoms with van der Waals surface area (Å²) in [5, 5.41) is 11.6. The molecular weight excluding hydrogens is 246 g/mol. The summed E-state index contributed by atoms with van der Waals surface area (Å²) in [5.41, 5.74) is 0.0823. The van der Waals surface area contributed by atoms with Crippen LogP contribution in [0.25, 0.3) is 0 Å². The first-order valence-electron chi connectivity index (χ1n) is 6.75. The van der Waals surface area contributed by atoms with Gasteiger partial charge in [-0.25, -0.2) is 4.79 Å². The van der Waals surface area contributed by atoms with E-state index in [9.17, 15) is 9.59 Å². The number of amides is 2. The zero-order chi connectivity index (χ0) is 14.5. The van der Waals surface area contributed by atoms with Crippen molar-refractivity contribution >= 4 is 12.0 Å². The number of carbonyl (C=O) groups excluding carboxylic acids is 1. The van der Waals surface area contributed by atoms with Crippen molar-refractivity contribution in [2.24, 2.45) is 5.41 Å². The van der Waals surface area contributed by atoms with Gasteiger partial charge in [-0.3, -0.25) is 9.69 Å². The first-order chi connectivity index (χ1) is 8.78. The fourth-order valence-corrected chi connectivity index (χ4v) is 1.88. The number of hydrogen-bond acceptors (Lipinski definition) is 3. The van der Waals surface area contributed by atoms with E-state index in [0.29, 0.717) is 26.2 Å². The average molecular weight is 271 g/mol. The Bertz CT molecular complexity index is 318. The second-order valence-corrected chi connectivity index (χ2v) is 6.19. The quantitative estimate of drug-likeness (QED) is 0.794. The van der Waals surface area contributed by atoms with Crippen LogP contribution in [-0.2, 0) is 4.79 Å². The summed E-state index contributed by atoms with van der Waals surface area (Å²) in [4.78, 5) is 26.3. The minimum Gasteiger partial charge on any atom is -0.481 e. The van der Waals surface area contributed by atoms with Gasteiger partial charge in [0.05, 0.1) is 6.42 Å². The summed E-state index contributed by atoms with van der Waals surface area (Å²) in [7, 11) is 0. The topological polar surface area (TPSA) is 72.9 Å². The number of hydrogen-bond donors (Lipinski definition) is 2. The molecule has 0 bridgehead atoms. The van der Waals surface area contributed by atoms with E-state index in [2.05, 4.69) is 31.0 Å². The highest BCUT2D eigenvalue weighted by molar-refractivity contribution is 5.74. The lowest BCUT2D eigenvalue weighted by molar-refractivity contribution is -0.137. The maximum atomic E-state index is 11.9. The molecule has 0 saturated carbocycles. The number of carbonyl (C=O) groups is 2. The number of carboxylic acids is 1. The molecule has 1 aliphatic heterocycles. The molecule has 1 heterocycles. The molecule has 0 aromatic rings. The molecule has 0 spiro atoms. The molecule has 0 atom stereocenters. The van der Waals surface area contributed by atoms with Crippen LogP contribution in [0.4, 0.5) is 4.79 Å². The molecule has 0 aliphatic carbocycles. The molecule has 2 N–H and O–H groups in total. The van der Waals surface area contributed by atoms with Crippen LogP contribution in [0.1, 0.15) is 27.2 Å². The Hall–Kier alpha value is -1.30. The highest BCUT2D eigenvalue weighted by Gasteiger charge is 2.22. The van der Waals surface area contributed by atoms with Crippen LogP contribution in [0, 0.1) is 5.41 Å². The zero-order valence-electron chi connectivity index (χ0n) is 12.1. The molecule has 0 radical (unpaired) electrons. The van der Waals surface area contributed by atoms with Gasteiger partial charge in [0.15, 0.2) is 0 Å². The molecule has 6 heteroatoms. The van der Waals surface area contributed by atoms with E-state index in [1.807, 2.05) is 0 Å². The molecule has 19 heavy (non-hydrogen) atoms. The summed E-state index contributed by atoms with van der Waals surface area (Å²) in [6, 6.07) is -0.0205. The third-order valence-corrected chi connectivity index (χ3v) is 3.07. The van der Waals surface area contributed by atoms with Crippen LogP contribution in [0.5, 0.6) is 0 Å². The fraction of sp³-hybridized carbons (Fsp3) is 0.846. The van der Waals surface area contributed by atoms with Crippen molar-refractivity contribution in [2.45, 2.75) is 27.2 Å². The number of aliphatic carboxylic acids is 1. The zero-order valence-corrected chi connectivity index (χ0v) is 12.1. The van der Waals surface area contributed by atoms with Crippen molar-refractivity contribution < 1.29 is 14.7 Å². The average Bonchev–Trinajstić information content (AvgIpc) is 2.33. The van der Waals surface area contributed by atoms with Crippen molar-refractivity contribution in [3.63, 3.8) is 0 Å². The molecular formula is C13H25N3O3. The highest BCUT2D eigenvalue weighted by Crippen LogP contribution is 2.11. The molecule has 6 nitrogen and oxygen atoms in total. The van der Waals surface area contributed by atoms with Gasteiger partial charge in [-0.15, -0.1) is 0 Å². The predicted molar refractivity (Wildman–Crippen MR) is 73.1 cm³/mol.